The summed E-state index contributed by atoms with van der Waals surface area (Å²) in [6.07, 6.45) is 6.81. The fourth-order valence-electron chi connectivity index (χ4n) is 2.42. The Morgan fingerprint density at radius 3 is 3.24 bits per heavy atom. The molecule has 0 amide bonds. The SMILES string of the molecule is NCc1cccn2cc(C3CCCSC3)nc12. The van der Waals surface area contributed by atoms with Crippen molar-refractivity contribution in [3.63, 3.8) is 0 Å². The standard InChI is InChI=1S/C13H17N3S/c14-7-10-3-1-5-16-8-12(15-13(10)16)11-4-2-6-17-9-11/h1,3,5,8,11H,2,4,6-7,9,14H2. The summed E-state index contributed by atoms with van der Waals surface area (Å²) in [6, 6.07) is 4.10. The van der Waals surface area contributed by atoms with Crippen LogP contribution in [0.3, 0.4) is 0 Å². The van der Waals surface area contributed by atoms with E-state index in [1.54, 1.807) is 0 Å². The number of pyridine rings is 1. The topological polar surface area (TPSA) is 43.3 Å². The Morgan fingerprint density at radius 1 is 1.53 bits per heavy atom. The van der Waals surface area contributed by atoms with E-state index in [2.05, 4.69) is 22.9 Å². The Balaban J connectivity index is 2.00. The number of hydrogen-bond acceptors (Lipinski definition) is 3. The molecule has 2 aromatic heterocycles. The van der Waals surface area contributed by atoms with E-state index in [0.29, 0.717) is 12.5 Å². The van der Waals surface area contributed by atoms with Gasteiger partial charge in [-0.25, -0.2) is 4.98 Å². The minimum Gasteiger partial charge on any atom is -0.326 e. The number of nitrogens with zero attached hydrogens (tertiary/aromatic N) is 2. The van der Waals surface area contributed by atoms with Gasteiger partial charge in [0, 0.05) is 36.2 Å². The van der Waals surface area contributed by atoms with Crippen molar-refractivity contribution in [2.24, 2.45) is 5.73 Å². The largest absolute Gasteiger partial charge is 0.326 e. The maximum Gasteiger partial charge on any atom is 0.141 e. The second kappa shape index (κ2) is 4.70. The number of rotatable bonds is 2. The van der Waals surface area contributed by atoms with Gasteiger partial charge in [0.05, 0.1) is 5.69 Å². The van der Waals surface area contributed by atoms with Gasteiger partial charge < -0.3 is 10.1 Å². The molecule has 1 unspecified atom stereocenters. The first-order valence-electron chi connectivity index (χ1n) is 6.13. The van der Waals surface area contributed by atoms with E-state index in [0.717, 1.165) is 11.2 Å². The molecule has 0 radical (unpaired) electrons. The number of imidazole rings is 1. The van der Waals surface area contributed by atoms with Crippen LogP contribution in [0.4, 0.5) is 0 Å². The predicted molar refractivity (Wildman–Crippen MR) is 72.4 cm³/mol. The smallest absolute Gasteiger partial charge is 0.141 e. The lowest BCUT2D eigenvalue weighted by Gasteiger charge is -2.18. The van der Waals surface area contributed by atoms with Crippen molar-refractivity contribution in [1.29, 1.82) is 0 Å². The normalized spacial score (nSPS) is 20.9. The molecule has 1 aliphatic rings. The molecule has 3 nitrogen and oxygen atoms in total. The Hall–Kier alpha value is -1.00. The Morgan fingerprint density at radius 2 is 2.47 bits per heavy atom. The van der Waals surface area contributed by atoms with Gasteiger partial charge in [-0.05, 0) is 24.7 Å². The molecule has 3 rings (SSSR count). The summed E-state index contributed by atoms with van der Waals surface area (Å²) in [7, 11) is 0. The molecule has 2 N–H and O–H groups in total. The molecule has 1 saturated heterocycles. The summed E-state index contributed by atoms with van der Waals surface area (Å²) < 4.78 is 2.11. The second-order valence-electron chi connectivity index (χ2n) is 4.55. The maximum absolute atomic E-state index is 5.75. The van der Waals surface area contributed by atoms with Crippen LogP contribution < -0.4 is 5.73 Å². The number of fused-ring (bicyclic) bond motifs is 1. The van der Waals surface area contributed by atoms with Crippen molar-refractivity contribution in [3.05, 3.63) is 35.8 Å². The van der Waals surface area contributed by atoms with Crippen LogP contribution in [-0.2, 0) is 6.54 Å². The Labute approximate surface area is 105 Å². The maximum atomic E-state index is 5.75. The zero-order valence-electron chi connectivity index (χ0n) is 9.80. The van der Waals surface area contributed by atoms with E-state index in [1.165, 1.54) is 30.0 Å². The fraction of sp³-hybridized carbons (Fsp3) is 0.462. The third-order valence-corrected chi connectivity index (χ3v) is 4.60. The van der Waals surface area contributed by atoms with Crippen LogP contribution in [0.15, 0.2) is 24.5 Å². The van der Waals surface area contributed by atoms with Crippen LogP contribution in [0.2, 0.25) is 0 Å². The fourth-order valence-corrected chi connectivity index (χ4v) is 3.58. The van der Waals surface area contributed by atoms with Gasteiger partial charge in [-0.2, -0.15) is 11.8 Å². The number of hydrogen-bond donors (Lipinski definition) is 1. The zero-order chi connectivity index (χ0) is 11.7. The molecule has 1 aliphatic heterocycles. The molecule has 1 fully saturated rings. The van der Waals surface area contributed by atoms with Crippen LogP contribution >= 0.6 is 11.8 Å². The van der Waals surface area contributed by atoms with Crippen molar-refractivity contribution in [1.82, 2.24) is 9.38 Å². The summed E-state index contributed by atoms with van der Waals surface area (Å²) >= 11 is 2.04. The van der Waals surface area contributed by atoms with Gasteiger partial charge in [-0.3, -0.25) is 0 Å². The zero-order valence-corrected chi connectivity index (χ0v) is 10.6. The lowest BCUT2D eigenvalue weighted by molar-refractivity contribution is 0.647. The third-order valence-electron chi connectivity index (χ3n) is 3.38. The van der Waals surface area contributed by atoms with Gasteiger partial charge in [-0.15, -0.1) is 0 Å². The highest BCUT2D eigenvalue weighted by Gasteiger charge is 2.19. The van der Waals surface area contributed by atoms with Crippen molar-refractivity contribution in [3.8, 4) is 0 Å². The molecule has 1 atom stereocenters. The van der Waals surface area contributed by atoms with Crippen LogP contribution in [0.1, 0.15) is 30.0 Å². The van der Waals surface area contributed by atoms with Crippen LogP contribution in [-0.4, -0.2) is 20.9 Å². The van der Waals surface area contributed by atoms with Gasteiger partial charge in [-0.1, -0.05) is 6.07 Å². The lowest BCUT2D eigenvalue weighted by atomic mass is 10.0. The van der Waals surface area contributed by atoms with Crippen LogP contribution in [0.5, 0.6) is 0 Å². The minimum atomic E-state index is 0.556. The van der Waals surface area contributed by atoms with Crippen LogP contribution in [0.25, 0.3) is 5.65 Å². The Bertz CT molecular complexity index is 514. The van der Waals surface area contributed by atoms with Gasteiger partial charge in [0.1, 0.15) is 5.65 Å². The third kappa shape index (κ3) is 2.07. The quantitative estimate of drug-likeness (QED) is 0.886. The molecule has 0 aliphatic carbocycles. The molecular weight excluding hydrogens is 230 g/mol. The van der Waals surface area contributed by atoms with Gasteiger partial charge in [0.15, 0.2) is 0 Å². The molecule has 3 heterocycles. The lowest BCUT2D eigenvalue weighted by Crippen LogP contribution is -2.08. The molecule has 0 saturated carbocycles. The number of aromatic nitrogens is 2. The highest BCUT2D eigenvalue weighted by Crippen LogP contribution is 2.30. The molecule has 2 aromatic rings. The molecular formula is C13H17N3S. The summed E-state index contributed by atoms with van der Waals surface area (Å²) in [6.45, 7) is 0.556. The van der Waals surface area contributed by atoms with Crippen molar-refractivity contribution < 1.29 is 0 Å². The van der Waals surface area contributed by atoms with E-state index < -0.39 is 0 Å². The number of nitrogens with two attached hydrogens (primary N) is 1. The summed E-state index contributed by atoms with van der Waals surface area (Å²) in [4.78, 5) is 4.78. The second-order valence-corrected chi connectivity index (χ2v) is 5.70. The van der Waals surface area contributed by atoms with E-state index in [9.17, 15) is 0 Å². The first kappa shape index (κ1) is 11.1. The van der Waals surface area contributed by atoms with Gasteiger partial charge in [0.25, 0.3) is 0 Å². The average molecular weight is 247 g/mol. The highest BCUT2D eigenvalue weighted by molar-refractivity contribution is 7.99. The monoisotopic (exact) mass is 247 g/mol. The predicted octanol–water partition coefficient (Wildman–Crippen LogP) is 2.40. The van der Waals surface area contributed by atoms with Gasteiger partial charge in [0.2, 0.25) is 0 Å². The Kier molecular flexibility index (Phi) is 3.07. The van der Waals surface area contributed by atoms with Gasteiger partial charge >= 0.3 is 0 Å². The van der Waals surface area contributed by atoms with Crippen LogP contribution in [0, 0.1) is 0 Å². The van der Waals surface area contributed by atoms with E-state index in [-0.39, 0.29) is 0 Å². The van der Waals surface area contributed by atoms with Crippen molar-refractivity contribution in [2.75, 3.05) is 11.5 Å². The molecule has 0 bridgehead atoms. The summed E-state index contributed by atoms with van der Waals surface area (Å²) in [5.74, 6) is 3.14. The van der Waals surface area contributed by atoms with Crippen molar-refractivity contribution >= 4 is 17.4 Å². The first-order valence-corrected chi connectivity index (χ1v) is 7.28. The molecule has 90 valence electrons. The molecule has 17 heavy (non-hydrogen) atoms. The summed E-state index contributed by atoms with van der Waals surface area (Å²) in [5.41, 5.74) is 9.14. The summed E-state index contributed by atoms with van der Waals surface area (Å²) in [5, 5.41) is 0. The van der Waals surface area contributed by atoms with E-state index in [4.69, 9.17) is 10.7 Å². The molecule has 0 aromatic carbocycles. The number of thioether (sulfide) groups is 1. The average Bonchev–Trinajstić information content (AvgIpc) is 2.83. The molecule has 0 spiro atoms. The van der Waals surface area contributed by atoms with E-state index in [1.807, 2.05) is 17.8 Å². The molecule has 4 heteroatoms. The van der Waals surface area contributed by atoms with Crippen molar-refractivity contribution in [2.45, 2.75) is 25.3 Å². The first-order chi connectivity index (χ1) is 8.38. The minimum absolute atomic E-state index is 0.556. The van der Waals surface area contributed by atoms with E-state index >= 15 is 0 Å². The highest BCUT2D eigenvalue weighted by atomic mass is 32.2.